The van der Waals surface area contributed by atoms with Crippen molar-refractivity contribution in [2.24, 2.45) is 0 Å². The van der Waals surface area contributed by atoms with Crippen molar-refractivity contribution in [1.82, 2.24) is 4.90 Å². The molecule has 0 radical (unpaired) electrons. The number of likely N-dealkylation sites (tertiary alicyclic amines) is 1. The van der Waals surface area contributed by atoms with Crippen molar-refractivity contribution in [3.8, 4) is 0 Å². The maximum Gasteiger partial charge on any atom is 0.0717 e. The Balaban J connectivity index is 1.36. The predicted molar refractivity (Wildman–Crippen MR) is 140 cm³/mol. The van der Waals surface area contributed by atoms with Gasteiger partial charge in [-0.05, 0) is 35.1 Å². The molecule has 4 aromatic rings. The Labute approximate surface area is 203 Å². The highest BCUT2D eigenvalue weighted by Crippen LogP contribution is 2.40. The first-order valence-electron chi connectivity index (χ1n) is 12.4. The molecule has 0 spiro atoms. The predicted octanol–water partition coefficient (Wildman–Crippen LogP) is 7.03. The molecule has 34 heavy (non-hydrogen) atoms. The van der Waals surface area contributed by atoms with Crippen molar-refractivity contribution < 1.29 is 4.74 Å². The molecule has 0 amide bonds. The van der Waals surface area contributed by atoms with Crippen LogP contribution in [0.3, 0.4) is 0 Å². The Bertz CT molecular complexity index is 1080. The molecule has 0 aromatic heterocycles. The van der Waals surface area contributed by atoms with Crippen LogP contribution >= 0.6 is 0 Å². The highest BCUT2D eigenvalue weighted by atomic mass is 16.5. The topological polar surface area (TPSA) is 12.5 Å². The van der Waals surface area contributed by atoms with E-state index in [2.05, 4.69) is 126 Å². The van der Waals surface area contributed by atoms with Gasteiger partial charge in [0.05, 0.1) is 19.3 Å². The summed E-state index contributed by atoms with van der Waals surface area (Å²) in [6, 6.07) is 43.7. The average Bonchev–Trinajstić information content (AvgIpc) is 2.92. The van der Waals surface area contributed by atoms with Crippen molar-refractivity contribution in [3.05, 3.63) is 144 Å². The summed E-state index contributed by atoms with van der Waals surface area (Å²) in [6.45, 7) is 3.49. The van der Waals surface area contributed by atoms with Crippen molar-refractivity contribution in [1.29, 1.82) is 0 Å². The molecule has 2 heteroatoms. The Kier molecular flexibility index (Phi) is 7.19. The lowest BCUT2D eigenvalue weighted by atomic mass is 9.73. The second kappa shape index (κ2) is 10.8. The molecule has 1 aliphatic rings. The van der Waals surface area contributed by atoms with Crippen molar-refractivity contribution in [2.75, 3.05) is 19.7 Å². The average molecular weight is 448 g/mol. The third-order valence-corrected chi connectivity index (χ3v) is 7.23. The summed E-state index contributed by atoms with van der Waals surface area (Å²) in [5.74, 6) is 0. The fourth-order valence-corrected chi connectivity index (χ4v) is 5.34. The van der Waals surface area contributed by atoms with Crippen LogP contribution in [0.2, 0.25) is 0 Å². The molecule has 0 saturated carbocycles. The normalized spacial score (nSPS) is 15.9. The van der Waals surface area contributed by atoms with Gasteiger partial charge in [0.1, 0.15) is 0 Å². The third-order valence-electron chi connectivity index (χ3n) is 7.23. The smallest absolute Gasteiger partial charge is 0.0717 e. The molecule has 0 aliphatic carbocycles. The van der Waals surface area contributed by atoms with E-state index in [1.807, 2.05) is 0 Å². The molecule has 172 valence electrons. The number of nitrogens with zero attached hydrogens (tertiary/aromatic N) is 1. The Hall–Kier alpha value is -3.20. The van der Waals surface area contributed by atoms with Gasteiger partial charge >= 0.3 is 0 Å². The van der Waals surface area contributed by atoms with E-state index in [0.717, 1.165) is 32.5 Å². The number of rotatable bonds is 8. The van der Waals surface area contributed by atoms with E-state index in [9.17, 15) is 0 Å². The first-order chi connectivity index (χ1) is 16.8. The molecule has 5 rings (SSSR count). The van der Waals surface area contributed by atoms with Crippen molar-refractivity contribution in [3.63, 3.8) is 0 Å². The fraction of sp³-hybridized carbons (Fsp3) is 0.250. The van der Waals surface area contributed by atoms with Crippen LogP contribution in [0.15, 0.2) is 121 Å². The minimum Gasteiger partial charge on any atom is -0.376 e. The summed E-state index contributed by atoms with van der Waals surface area (Å²) < 4.78 is 6.36. The lowest BCUT2D eigenvalue weighted by molar-refractivity contribution is 0.0301. The lowest BCUT2D eigenvalue weighted by Gasteiger charge is -2.45. The molecule has 1 saturated heterocycles. The van der Waals surface area contributed by atoms with Crippen molar-refractivity contribution in [2.45, 2.75) is 30.9 Å². The van der Waals surface area contributed by atoms with E-state index >= 15 is 0 Å². The standard InChI is InChI=1S/C32H33NO/c1-5-13-27(14-6-1)25-34-26-32(30-19-11-4-12-20-30)21-23-33(24-22-32)31(28-15-7-2-8-16-28)29-17-9-3-10-18-29/h1-20,31H,21-26H2. The first kappa shape index (κ1) is 22.6. The molecule has 2 nitrogen and oxygen atoms in total. The van der Waals surface area contributed by atoms with E-state index in [1.54, 1.807) is 0 Å². The number of ether oxygens (including phenoxy) is 1. The number of hydrogen-bond acceptors (Lipinski definition) is 2. The molecule has 1 heterocycles. The van der Waals surface area contributed by atoms with Gasteiger partial charge in [0.2, 0.25) is 0 Å². The summed E-state index contributed by atoms with van der Waals surface area (Å²) >= 11 is 0. The largest absolute Gasteiger partial charge is 0.376 e. The van der Waals surface area contributed by atoms with Gasteiger partial charge in [0.25, 0.3) is 0 Å². The minimum absolute atomic E-state index is 0.0461. The van der Waals surface area contributed by atoms with E-state index in [1.165, 1.54) is 22.3 Å². The van der Waals surface area contributed by atoms with E-state index in [-0.39, 0.29) is 11.5 Å². The van der Waals surface area contributed by atoms with Gasteiger partial charge in [-0.1, -0.05) is 121 Å². The number of hydrogen-bond donors (Lipinski definition) is 0. The Morgan fingerprint density at radius 3 is 1.62 bits per heavy atom. The summed E-state index contributed by atoms with van der Waals surface area (Å²) in [6.07, 6.45) is 2.17. The van der Waals surface area contributed by atoms with Gasteiger partial charge in [0.15, 0.2) is 0 Å². The number of benzene rings is 4. The van der Waals surface area contributed by atoms with E-state index in [4.69, 9.17) is 4.74 Å². The van der Waals surface area contributed by atoms with Crippen LogP contribution in [-0.2, 0) is 16.8 Å². The first-order valence-corrected chi connectivity index (χ1v) is 12.4. The maximum absolute atomic E-state index is 6.36. The van der Waals surface area contributed by atoms with Crippen molar-refractivity contribution >= 4 is 0 Å². The summed E-state index contributed by atoms with van der Waals surface area (Å²) in [4.78, 5) is 2.66. The molecule has 0 unspecified atom stereocenters. The van der Waals surface area contributed by atoms with Gasteiger partial charge in [0, 0.05) is 18.5 Å². The molecule has 4 aromatic carbocycles. The SMILES string of the molecule is c1ccc(COCC2(c3ccccc3)CCN(C(c3ccccc3)c3ccccc3)CC2)cc1. The van der Waals surface area contributed by atoms with Crippen LogP contribution in [0.25, 0.3) is 0 Å². The second-order valence-electron chi connectivity index (χ2n) is 9.38. The molecule has 0 bridgehead atoms. The quantitative estimate of drug-likeness (QED) is 0.288. The summed E-state index contributed by atoms with van der Waals surface area (Å²) in [5.41, 5.74) is 5.40. The van der Waals surface area contributed by atoms with Gasteiger partial charge < -0.3 is 4.74 Å². The zero-order valence-corrected chi connectivity index (χ0v) is 19.7. The van der Waals surface area contributed by atoms with Gasteiger partial charge in [-0.15, -0.1) is 0 Å². The monoisotopic (exact) mass is 447 g/mol. The van der Waals surface area contributed by atoms with Gasteiger partial charge in [-0.2, -0.15) is 0 Å². The van der Waals surface area contributed by atoms with Gasteiger partial charge in [-0.25, -0.2) is 0 Å². The van der Waals surface area contributed by atoms with E-state index in [0.29, 0.717) is 6.61 Å². The molecular formula is C32H33NO. The van der Waals surface area contributed by atoms with Crippen LogP contribution in [0.5, 0.6) is 0 Å². The lowest BCUT2D eigenvalue weighted by Crippen LogP contribution is -2.46. The molecule has 0 N–H and O–H groups in total. The fourth-order valence-electron chi connectivity index (χ4n) is 5.34. The molecule has 1 fully saturated rings. The van der Waals surface area contributed by atoms with E-state index < -0.39 is 0 Å². The van der Waals surface area contributed by atoms with Crippen LogP contribution in [-0.4, -0.2) is 24.6 Å². The zero-order valence-electron chi connectivity index (χ0n) is 19.7. The van der Waals surface area contributed by atoms with Crippen LogP contribution in [0.4, 0.5) is 0 Å². The molecule has 1 aliphatic heterocycles. The Morgan fingerprint density at radius 2 is 1.09 bits per heavy atom. The summed E-state index contributed by atoms with van der Waals surface area (Å²) in [7, 11) is 0. The van der Waals surface area contributed by atoms with Crippen LogP contribution in [0.1, 0.15) is 41.1 Å². The number of piperidine rings is 1. The molecular weight excluding hydrogens is 414 g/mol. The Morgan fingerprint density at radius 1 is 0.618 bits per heavy atom. The highest BCUT2D eigenvalue weighted by molar-refractivity contribution is 5.33. The maximum atomic E-state index is 6.36. The highest BCUT2D eigenvalue weighted by Gasteiger charge is 2.38. The van der Waals surface area contributed by atoms with Crippen LogP contribution in [0, 0.1) is 0 Å². The third kappa shape index (κ3) is 5.14. The summed E-state index contributed by atoms with van der Waals surface area (Å²) in [5, 5.41) is 0. The zero-order chi connectivity index (χ0) is 23.1. The molecule has 0 atom stereocenters. The van der Waals surface area contributed by atoms with Crippen LogP contribution < -0.4 is 0 Å². The van der Waals surface area contributed by atoms with Gasteiger partial charge in [-0.3, -0.25) is 4.90 Å². The minimum atomic E-state index is 0.0461. The second-order valence-corrected chi connectivity index (χ2v) is 9.38.